The zero-order valence-corrected chi connectivity index (χ0v) is 21.9. The van der Waals surface area contributed by atoms with Gasteiger partial charge in [0, 0.05) is 35.3 Å². The van der Waals surface area contributed by atoms with Crippen LogP contribution in [0.2, 0.25) is 5.02 Å². The summed E-state index contributed by atoms with van der Waals surface area (Å²) in [6.07, 6.45) is 6.65. The summed E-state index contributed by atoms with van der Waals surface area (Å²) < 4.78 is 7.00. The van der Waals surface area contributed by atoms with Crippen LogP contribution in [0.1, 0.15) is 18.1 Å². The number of benzene rings is 2. The van der Waals surface area contributed by atoms with Gasteiger partial charge >= 0.3 is 0 Å². The third-order valence-electron chi connectivity index (χ3n) is 6.38. The molecule has 0 bridgehead atoms. The van der Waals surface area contributed by atoms with Crippen LogP contribution >= 0.6 is 11.6 Å². The van der Waals surface area contributed by atoms with Crippen LogP contribution in [0.3, 0.4) is 0 Å². The van der Waals surface area contributed by atoms with Gasteiger partial charge < -0.3 is 4.74 Å². The average Bonchev–Trinajstić information content (AvgIpc) is 3.39. The zero-order valence-electron chi connectivity index (χ0n) is 21.1. The van der Waals surface area contributed by atoms with Crippen molar-refractivity contribution in [3.05, 3.63) is 112 Å². The number of imide groups is 1. The van der Waals surface area contributed by atoms with E-state index < -0.39 is 11.8 Å². The van der Waals surface area contributed by atoms with E-state index in [2.05, 4.69) is 4.98 Å². The number of para-hydroxylation sites is 1. The number of halogens is 1. The van der Waals surface area contributed by atoms with E-state index in [1.54, 1.807) is 60.5 Å². The molecule has 0 unspecified atom stereocenters. The van der Waals surface area contributed by atoms with Crippen molar-refractivity contribution in [3.63, 3.8) is 0 Å². The summed E-state index contributed by atoms with van der Waals surface area (Å²) in [7, 11) is 1.54. The van der Waals surface area contributed by atoms with E-state index in [9.17, 15) is 14.9 Å². The van der Waals surface area contributed by atoms with E-state index in [1.165, 1.54) is 7.11 Å². The third-order valence-corrected chi connectivity index (χ3v) is 6.67. The second-order valence-corrected chi connectivity index (χ2v) is 9.20. The van der Waals surface area contributed by atoms with Gasteiger partial charge in [-0.25, -0.2) is 4.68 Å². The molecule has 1 aliphatic rings. The predicted octanol–water partition coefficient (Wildman–Crippen LogP) is 5.39. The summed E-state index contributed by atoms with van der Waals surface area (Å²) in [4.78, 5) is 31.9. The summed E-state index contributed by atoms with van der Waals surface area (Å²) in [5.41, 5.74) is 3.80. The highest BCUT2D eigenvalue weighted by Crippen LogP contribution is 2.34. The molecule has 0 atom stereocenters. The maximum Gasteiger partial charge on any atom is 0.271 e. The number of carbonyl (C=O) groups is 2. The molecule has 5 rings (SSSR count). The van der Waals surface area contributed by atoms with Gasteiger partial charge in [-0.15, -0.1) is 0 Å². The van der Waals surface area contributed by atoms with E-state index in [4.69, 9.17) is 21.4 Å². The van der Waals surface area contributed by atoms with Crippen LogP contribution in [0.15, 0.2) is 96.0 Å². The highest BCUT2D eigenvalue weighted by molar-refractivity contribution is 6.32. The second kappa shape index (κ2) is 10.8. The Morgan fingerprint density at radius 2 is 1.87 bits per heavy atom. The second-order valence-electron chi connectivity index (χ2n) is 8.79. The van der Waals surface area contributed by atoms with Gasteiger partial charge in [-0.3, -0.25) is 19.5 Å². The van der Waals surface area contributed by atoms with Crippen LogP contribution in [0, 0.1) is 11.3 Å². The summed E-state index contributed by atoms with van der Waals surface area (Å²) in [6, 6.07) is 20.3. The number of pyridine rings is 1. The minimum atomic E-state index is -0.636. The van der Waals surface area contributed by atoms with Crippen molar-refractivity contribution in [2.45, 2.75) is 13.5 Å². The van der Waals surface area contributed by atoms with Crippen molar-refractivity contribution in [2.75, 3.05) is 7.11 Å². The summed E-state index contributed by atoms with van der Waals surface area (Å²) in [6.45, 7) is 1.60. The van der Waals surface area contributed by atoms with Crippen LogP contribution in [-0.2, 0) is 16.1 Å². The van der Waals surface area contributed by atoms with Crippen LogP contribution in [0.4, 0.5) is 0 Å². The molecule has 4 aromatic rings. The Morgan fingerprint density at radius 1 is 1.08 bits per heavy atom. The molecule has 192 valence electrons. The molecular formula is C30H22ClN5O3. The van der Waals surface area contributed by atoms with Crippen molar-refractivity contribution in [3.8, 4) is 28.8 Å². The molecule has 8 nitrogen and oxygen atoms in total. The highest BCUT2D eigenvalue weighted by Gasteiger charge is 2.35. The molecular weight excluding hydrogens is 514 g/mol. The van der Waals surface area contributed by atoms with E-state index in [0.29, 0.717) is 38.7 Å². The first kappa shape index (κ1) is 25.6. The van der Waals surface area contributed by atoms with E-state index >= 15 is 0 Å². The van der Waals surface area contributed by atoms with Gasteiger partial charge in [0.15, 0.2) is 0 Å². The molecule has 0 aliphatic carbocycles. The number of aromatic nitrogens is 3. The Hall–Kier alpha value is -5.00. The average molecular weight is 536 g/mol. The van der Waals surface area contributed by atoms with Gasteiger partial charge in [-0.1, -0.05) is 35.9 Å². The molecule has 0 radical (unpaired) electrons. The monoisotopic (exact) mass is 535 g/mol. The van der Waals surface area contributed by atoms with Gasteiger partial charge in [-0.05, 0) is 60.5 Å². The Morgan fingerprint density at radius 3 is 2.54 bits per heavy atom. The largest absolute Gasteiger partial charge is 0.495 e. The fourth-order valence-electron chi connectivity index (χ4n) is 4.35. The number of rotatable bonds is 6. The number of hydrogen-bond acceptors (Lipinski definition) is 6. The molecule has 39 heavy (non-hydrogen) atoms. The maximum atomic E-state index is 13.7. The van der Waals surface area contributed by atoms with Crippen LogP contribution < -0.4 is 4.74 Å². The Bertz CT molecular complexity index is 1680. The highest BCUT2D eigenvalue weighted by atomic mass is 35.5. The first-order valence-corrected chi connectivity index (χ1v) is 12.4. The number of nitrogens with zero attached hydrogens (tertiary/aromatic N) is 5. The van der Waals surface area contributed by atoms with E-state index in [1.807, 2.05) is 42.5 Å². The van der Waals surface area contributed by atoms with Crippen molar-refractivity contribution in [1.82, 2.24) is 19.7 Å². The summed E-state index contributed by atoms with van der Waals surface area (Å²) >= 11 is 6.42. The lowest BCUT2D eigenvalue weighted by Crippen LogP contribution is -2.42. The topological polar surface area (TPSA) is 101 Å². The summed E-state index contributed by atoms with van der Waals surface area (Å²) in [5.74, 6) is -0.623. The number of carbonyl (C=O) groups excluding carboxylic acids is 2. The first-order valence-electron chi connectivity index (χ1n) is 12.0. The van der Waals surface area contributed by atoms with Gasteiger partial charge in [0.25, 0.3) is 11.8 Å². The number of ether oxygens (including phenoxy) is 1. The minimum Gasteiger partial charge on any atom is -0.495 e. The summed E-state index contributed by atoms with van der Waals surface area (Å²) in [5, 5.41) is 15.0. The number of hydrogen-bond donors (Lipinski definition) is 0. The quantitative estimate of drug-likeness (QED) is 0.242. The van der Waals surface area contributed by atoms with E-state index in [0.717, 1.165) is 10.6 Å². The van der Waals surface area contributed by atoms with Crippen molar-refractivity contribution in [2.24, 2.45) is 0 Å². The van der Waals surface area contributed by atoms with Crippen LogP contribution in [-0.4, -0.2) is 38.6 Å². The lowest BCUT2D eigenvalue weighted by molar-refractivity contribution is -0.141. The first-order chi connectivity index (χ1) is 18.9. The number of nitriles is 1. The zero-order chi connectivity index (χ0) is 27.5. The minimum absolute atomic E-state index is 0.00840. The Labute approximate surface area is 230 Å². The predicted molar refractivity (Wildman–Crippen MR) is 147 cm³/mol. The molecule has 2 aromatic carbocycles. The molecule has 3 heterocycles. The number of amides is 2. The molecule has 2 aromatic heterocycles. The Balaban J connectivity index is 1.66. The molecule has 0 spiro atoms. The molecule has 9 heteroatoms. The fourth-order valence-corrected chi connectivity index (χ4v) is 4.60. The number of methoxy groups -OCH3 is 1. The van der Waals surface area contributed by atoms with Crippen molar-refractivity contribution >= 4 is 29.5 Å². The van der Waals surface area contributed by atoms with Crippen LogP contribution in [0.25, 0.3) is 23.0 Å². The smallest absolute Gasteiger partial charge is 0.271 e. The van der Waals surface area contributed by atoms with Gasteiger partial charge in [0.2, 0.25) is 0 Å². The SMILES string of the molecule is COc1ccc(-c2nn(-c3ccccc3)cc2/C=C2/C(=O)N(Cc3cccnc3)C(=O)C(C#N)=C2C)cc1Cl. The molecule has 2 amide bonds. The molecule has 1 aliphatic heterocycles. The van der Waals surface area contributed by atoms with E-state index in [-0.39, 0.29) is 17.7 Å². The van der Waals surface area contributed by atoms with Crippen LogP contribution in [0.5, 0.6) is 5.75 Å². The van der Waals surface area contributed by atoms with Gasteiger partial charge in [0.05, 0.1) is 24.4 Å². The van der Waals surface area contributed by atoms with Gasteiger partial charge in [-0.2, -0.15) is 10.4 Å². The lowest BCUT2D eigenvalue weighted by Gasteiger charge is -2.27. The Kier molecular flexibility index (Phi) is 7.08. The molecule has 0 fully saturated rings. The maximum absolute atomic E-state index is 13.7. The molecule has 0 N–H and O–H groups in total. The molecule has 0 saturated carbocycles. The lowest BCUT2D eigenvalue weighted by atomic mass is 9.93. The normalized spacial score (nSPS) is 14.6. The molecule has 0 saturated heterocycles. The fraction of sp³-hybridized carbons (Fsp3) is 0.100. The van der Waals surface area contributed by atoms with Crippen molar-refractivity contribution < 1.29 is 14.3 Å². The third kappa shape index (κ3) is 4.96. The standard InChI is InChI=1S/C30H22ClN5O3/c1-19-24(29(37)35(30(38)25(19)15-32)17-20-7-6-12-33-16-20)13-22-18-36(23-8-4-3-5-9-23)34-28(22)21-10-11-27(39-2)26(31)14-21/h3-14,16,18H,17H2,1-2H3/b24-13+. The van der Waals surface area contributed by atoms with Crippen molar-refractivity contribution in [1.29, 1.82) is 5.26 Å². The van der Waals surface area contributed by atoms with Gasteiger partial charge in [0.1, 0.15) is 23.1 Å².